The van der Waals surface area contributed by atoms with Crippen molar-refractivity contribution in [3.05, 3.63) is 76.9 Å². The molecule has 1 aromatic heterocycles. The zero-order valence-corrected chi connectivity index (χ0v) is 15.1. The van der Waals surface area contributed by atoms with E-state index in [4.69, 9.17) is 4.98 Å². The monoisotopic (exact) mass is 326 g/mol. The Hall–Kier alpha value is -2.87. The van der Waals surface area contributed by atoms with Crippen molar-refractivity contribution < 1.29 is 0 Å². The molecule has 4 rings (SSSR count). The molecule has 25 heavy (non-hydrogen) atoms. The lowest BCUT2D eigenvalue weighted by Crippen LogP contribution is -1.90. The molecular weight excluding hydrogens is 304 g/mol. The van der Waals surface area contributed by atoms with Gasteiger partial charge in [-0.05, 0) is 61.6 Å². The number of benzene rings is 3. The minimum atomic E-state index is 0.948. The van der Waals surface area contributed by atoms with Gasteiger partial charge >= 0.3 is 0 Å². The Bertz CT molecular complexity index is 1050. The van der Waals surface area contributed by atoms with Gasteiger partial charge in [0.1, 0.15) is 5.82 Å². The maximum absolute atomic E-state index is 5.01. The van der Waals surface area contributed by atoms with Gasteiger partial charge in [0.25, 0.3) is 0 Å². The van der Waals surface area contributed by atoms with Gasteiger partial charge in [-0.15, -0.1) is 0 Å². The van der Waals surface area contributed by atoms with Gasteiger partial charge in [0, 0.05) is 11.1 Å². The highest BCUT2D eigenvalue weighted by Crippen LogP contribution is 2.34. The predicted molar refractivity (Wildman–Crippen MR) is 106 cm³/mol. The molecule has 0 atom stereocenters. The van der Waals surface area contributed by atoms with Crippen LogP contribution in [0.5, 0.6) is 0 Å². The lowest BCUT2D eigenvalue weighted by Gasteiger charge is -2.10. The van der Waals surface area contributed by atoms with Crippen LogP contribution in [0.3, 0.4) is 0 Å². The second-order valence-corrected chi connectivity index (χ2v) is 6.82. The predicted octanol–water partition coefficient (Wildman–Crippen LogP) is 6.13. The number of nitrogens with zero attached hydrogens (tertiary/aromatic N) is 1. The number of hydrogen-bond acceptors (Lipinski definition) is 1. The minimum Gasteiger partial charge on any atom is -0.338 e. The standard InChI is InChI=1S/C23H22N2/c1-14-8-5-9-15(2)20(14)18-12-7-13-19-22(18)25-23(24-19)21-16(3)10-6-11-17(21)4/h5-13H,1-4H3,(H,24,25). The number of fused-ring (bicyclic) bond motifs is 1. The molecule has 0 amide bonds. The van der Waals surface area contributed by atoms with Gasteiger partial charge in [-0.1, -0.05) is 48.5 Å². The average Bonchev–Trinajstić information content (AvgIpc) is 2.99. The molecule has 0 aliphatic carbocycles. The van der Waals surface area contributed by atoms with Crippen molar-refractivity contribution in [3.63, 3.8) is 0 Å². The number of hydrogen-bond donors (Lipinski definition) is 1. The third kappa shape index (κ3) is 2.54. The first kappa shape index (κ1) is 15.6. The molecule has 4 aromatic rings. The maximum Gasteiger partial charge on any atom is 0.139 e. The fourth-order valence-electron chi connectivity index (χ4n) is 3.78. The summed E-state index contributed by atoms with van der Waals surface area (Å²) < 4.78 is 0. The number of para-hydroxylation sites is 1. The second kappa shape index (κ2) is 5.89. The summed E-state index contributed by atoms with van der Waals surface area (Å²) in [6.07, 6.45) is 0. The van der Waals surface area contributed by atoms with Gasteiger partial charge in [0.15, 0.2) is 0 Å². The number of H-pyrrole nitrogens is 1. The van der Waals surface area contributed by atoms with Crippen LogP contribution in [0.25, 0.3) is 33.5 Å². The van der Waals surface area contributed by atoms with Crippen molar-refractivity contribution in [1.29, 1.82) is 0 Å². The van der Waals surface area contributed by atoms with E-state index in [9.17, 15) is 0 Å². The summed E-state index contributed by atoms with van der Waals surface area (Å²) >= 11 is 0. The molecule has 0 unspecified atom stereocenters. The number of aryl methyl sites for hydroxylation is 4. The van der Waals surface area contributed by atoms with Gasteiger partial charge in [-0.2, -0.15) is 0 Å². The van der Waals surface area contributed by atoms with Crippen LogP contribution in [-0.4, -0.2) is 9.97 Å². The van der Waals surface area contributed by atoms with Crippen molar-refractivity contribution in [3.8, 4) is 22.5 Å². The lowest BCUT2D eigenvalue weighted by atomic mass is 9.95. The molecule has 1 heterocycles. The van der Waals surface area contributed by atoms with E-state index in [1.807, 2.05) is 0 Å². The Balaban J connectivity index is 2.00. The fraction of sp³-hybridized carbons (Fsp3) is 0.174. The molecule has 0 aliphatic heterocycles. The van der Waals surface area contributed by atoms with Gasteiger partial charge in [-0.3, -0.25) is 0 Å². The van der Waals surface area contributed by atoms with E-state index in [2.05, 4.69) is 87.3 Å². The molecule has 0 aliphatic rings. The summed E-state index contributed by atoms with van der Waals surface area (Å²) in [5, 5.41) is 0. The fourth-order valence-corrected chi connectivity index (χ4v) is 3.78. The molecule has 2 nitrogen and oxygen atoms in total. The van der Waals surface area contributed by atoms with Gasteiger partial charge in [0.05, 0.1) is 11.0 Å². The zero-order valence-electron chi connectivity index (χ0n) is 15.1. The highest BCUT2D eigenvalue weighted by Gasteiger charge is 2.15. The molecule has 0 saturated carbocycles. The summed E-state index contributed by atoms with van der Waals surface area (Å²) in [5.41, 5.74) is 10.9. The van der Waals surface area contributed by atoms with E-state index in [0.717, 1.165) is 16.9 Å². The van der Waals surface area contributed by atoms with Crippen molar-refractivity contribution in [1.82, 2.24) is 9.97 Å². The molecule has 124 valence electrons. The number of nitrogens with one attached hydrogen (secondary N) is 1. The Morgan fingerprint density at radius 1 is 0.640 bits per heavy atom. The summed E-state index contributed by atoms with van der Waals surface area (Å²) in [6, 6.07) is 19.2. The molecular formula is C23H22N2. The summed E-state index contributed by atoms with van der Waals surface area (Å²) in [4.78, 5) is 8.54. The van der Waals surface area contributed by atoms with Crippen LogP contribution >= 0.6 is 0 Å². The van der Waals surface area contributed by atoms with E-state index in [1.165, 1.54) is 38.9 Å². The molecule has 2 heteroatoms. The SMILES string of the molecule is Cc1cccc(C)c1-c1nc2c(-c3c(C)cccc3C)cccc2[nH]1. The Morgan fingerprint density at radius 3 is 1.76 bits per heavy atom. The number of rotatable bonds is 2. The van der Waals surface area contributed by atoms with E-state index in [1.54, 1.807) is 0 Å². The topological polar surface area (TPSA) is 28.7 Å². The Kier molecular flexibility index (Phi) is 3.69. The minimum absolute atomic E-state index is 0.948. The molecule has 0 saturated heterocycles. The Labute approximate surface area is 148 Å². The highest BCUT2D eigenvalue weighted by atomic mass is 14.9. The van der Waals surface area contributed by atoms with Crippen LogP contribution in [-0.2, 0) is 0 Å². The summed E-state index contributed by atoms with van der Waals surface area (Å²) in [5.74, 6) is 0.948. The smallest absolute Gasteiger partial charge is 0.139 e. The normalized spacial score (nSPS) is 11.2. The molecule has 1 N–H and O–H groups in total. The van der Waals surface area contributed by atoms with E-state index >= 15 is 0 Å². The summed E-state index contributed by atoms with van der Waals surface area (Å²) in [6.45, 7) is 8.62. The van der Waals surface area contributed by atoms with Crippen molar-refractivity contribution >= 4 is 11.0 Å². The maximum atomic E-state index is 5.01. The van der Waals surface area contributed by atoms with Crippen molar-refractivity contribution in [2.24, 2.45) is 0 Å². The quantitative estimate of drug-likeness (QED) is 0.471. The van der Waals surface area contributed by atoms with Crippen LogP contribution in [0.15, 0.2) is 54.6 Å². The third-order valence-electron chi connectivity index (χ3n) is 4.98. The lowest BCUT2D eigenvalue weighted by molar-refractivity contribution is 1.27. The molecule has 0 spiro atoms. The van der Waals surface area contributed by atoms with E-state index in [-0.39, 0.29) is 0 Å². The van der Waals surface area contributed by atoms with E-state index in [0.29, 0.717) is 0 Å². The van der Waals surface area contributed by atoms with Crippen molar-refractivity contribution in [2.45, 2.75) is 27.7 Å². The first-order valence-corrected chi connectivity index (χ1v) is 8.68. The van der Waals surface area contributed by atoms with Crippen molar-refractivity contribution in [2.75, 3.05) is 0 Å². The van der Waals surface area contributed by atoms with Crippen LogP contribution in [0.4, 0.5) is 0 Å². The average molecular weight is 326 g/mol. The molecule has 0 radical (unpaired) electrons. The van der Waals surface area contributed by atoms with Crippen LogP contribution in [0, 0.1) is 27.7 Å². The van der Waals surface area contributed by atoms with Crippen LogP contribution in [0.1, 0.15) is 22.3 Å². The Morgan fingerprint density at radius 2 is 1.16 bits per heavy atom. The number of imidazole rings is 1. The first-order chi connectivity index (χ1) is 12.1. The molecule has 3 aromatic carbocycles. The van der Waals surface area contributed by atoms with Crippen LogP contribution < -0.4 is 0 Å². The zero-order chi connectivity index (χ0) is 17.6. The van der Waals surface area contributed by atoms with Crippen LogP contribution in [0.2, 0.25) is 0 Å². The summed E-state index contributed by atoms with van der Waals surface area (Å²) in [7, 11) is 0. The molecule has 0 fully saturated rings. The van der Waals surface area contributed by atoms with Gasteiger partial charge < -0.3 is 4.98 Å². The molecule has 0 bridgehead atoms. The number of aromatic nitrogens is 2. The first-order valence-electron chi connectivity index (χ1n) is 8.68. The number of aromatic amines is 1. The van der Waals surface area contributed by atoms with Gasteiger partial charge in [-0.25, -0.2) is 4.98 Å². The van der Waals surface area contributed by atoms with E-state index < -0.39 is 0 Å². The third-order valence-corrected chi connectivity index (χ3v) is 4.98. The second-order valence-electron chi connectivity index (χ2n) is 6.82. The van der Waals surface area contributed by atoms with Gasteiger partial charge in [0.2, 0.25) is 0 Å². The largest absolute Gasteiger partial charge is 0.338 e. The highest BCUT2D eigenvalue weighted by molar-refractivity contribution is 5.95.